The van der Waals surface area contributed by atoms with Gasteiger partial charge in [-0.25, -0.2) is 0 Å². The number of hydrogen-bond donors (Lipinski definition) is 1. The molecule has 0 saturated heterocycles. The first-order valence-electron chi connectivity index (χ1n) is 6.88. The molecule has 0 saturated carbocycles. The molecule has 0 aromatic heterocycles. The van der Waals surface area contributed by atoms with Gasteiger partial charge in [0.2, 0.25) is 0 Å². The third kappa shape index (κ3) is 3.33. The highest BCUT2D eigenvalue weighted by Crippen LogP contribution is 2.30. The van der Waals surface area contributed by atoms with Crippen LogP contribution in [0.1, 0.15) is 35.6 Å². The zero-order chi connectivity index (χ0) is 13.1. The van der Waals surface area contributed by atoms with Crippen molar-refractivity contribution in [2.75, 3.05) is 0 Å². The Hall–Kier alpha value is -1.51. The maximum Gasteiger partial charge on any atom is 0.120 e. The van der Waals surface area contributed by atoms with E-state index < -0.39 is 0 Å². The molecule has 2 N–H and O–H groups in total. The smallest absolute Gasteiger partial charge is 0.120 e. The summed E-state index contributed by atoms with van der Waals surface area (Å²) < 4.78 is 5.85. The molecule has 1 aliphatic carbocycles. The van der Waals surface area contributed by atoms with Crippen molar-refractivity contribution >= 4 is 12.4 Å². The van der Waals surface area contributed by atoms with Gasteiger partial charge in [-0.05, 0) is 48.1 Å². The van der Waals surface area contributed by atoms with Gasteiger partial charge >= 0.3 is 0 Å². The van der Waals surface area contributed by atoms with Crippen molar-refractivity contribution in [2.45, 2.75) is 31.9 Å². The Balaban J connectivity index is 0.00000147. The molecular weight excluding hydrogens is 270 g/mol. The minimum atomic E-state index is 0. The quantitative estimate of drug-likeness (QED) is 0.926. The molecular formula is C17H20ClNO. The molecule has 0 aliphatic heterocycles. The van der Waals surface area contributed by atoms with Gasteiger partial charge in [-0.3, -0.25) is 0 Å². The fraction of sp³-hybridized carbons (Fsp3) is 0.294. The molecule has 3 heteroatoms. The molecule has 20 heavy (non-hydrogen) atoms. The number of fused-ring (bicyclic) bond motifs is 1. The summed E-state index contributed by atoms with van der Waals surface area (Å²) in [5, 5.41) is 0. The Morgan fingerprint density at radius 3 is 2.70 bits per heavy atom. The lowest BCUT2D eigenvalue weighted by Crippen LogP contribution is -2.17. The molecule has 1 aliphatic rings. The van der Waals surface area contributed by atoms with E-state index in [1.54, 1.807) is 0 Å². The van der Waals surface area contributed by atoms with Crippen LogP contribution in [0.2, 0.25) is 0 Å². The number of halogens is 1. The van der Waals surface area contributed by atoms with Crippen LogP contribution >= 0.6 is 12.4 Å². The molecule has 3 rings (SSSR count). The SMILES string of the molecule is Cl.NC1CCCc2cc(OCc3ccccc3)ccc21. The van der Waals surface area contributed by atoms with E-state index in [4.69, 9.17) is 10.5 Å². The molecule has 0 fully saturated rings. The molecule has 0 radical (unpaired) electrons. The van der Waals surface area contributed by atoms with Gasteiger partial charge < -0.3 is 10.5 Å². The van der Waals surface area contributed by atoms with Crippen molar-refractivity contribution in [3.8, 4) is 5.75 Å². The predicted octanol–water partition coefficient (Wildman–Crippen LogP) is 4.02. The average Bonchev–Trinajstić information content (AvgIpc) is 2.46. The van der Waals surface area contributed by atoms with Crippen LogP contribution in [0.5, 0.6) is 5.75 Å². The first kappa shape index (κ1) is 14.9. The molecule has 0 heterocycles. The van der Waals surface area contributed by atoms with E-state index in [0.717, 1.165) is 18.6 Å². The second kappa shape index (κ2) is 6.78. The normalized spacial score (nSPS) is 16.9. The Bertz CT molecular complexity index is 556. The molecule has 0 amide bonds. The fourth-order valence-corrected chi connectivity index (χ4v) is 2.66. The van der Waals surface area contributed by atoms with Crippen LogP contribution in [0.15, 0.2) is 48.5 Å². The van der Waals surface area contributed by atoms with Gasteiger partial charge in [-0.15, -0.1) is 12.4 Å². The zero-order valence-electron chi connectivity index (χ0n) is 11.4. The summed E-state index contributed by atoms with van der Waals surface area (Å²) in [6.07, 6.45) is 3.39. The third-order valence-corrected chi connectivity index (χ3v) is 3.72. The number of nitrogens with two attached hydrogens (primary N) is 1. The van der Waals surface area contributed by atoms with E-state index in [1.807, 2.05) is 24.3 Å². The molecule has 2 aromatic rings. The van der Waals surface area contributed by atoms with E-state index in [0.29, 0.717) is 6.61 Å². The van der Waals surface area contributed by atoms with Crippen molar-refractivity contribution in [3.05, 3.63) is 65.2 Å². The fourth-order valence-electron chi connectivity index (χ4n) is 2.66. The zero-order valence-corrected chi connectivity index (χ0v) is 12.2. The molecule has 0 spiro atoms. The first-order valence-corrected chi connectivity index (χ1v) is 6.88. The van der Waals surface area contributed by atoms with Crippen LogP contribution < -0.4 is 10.5 Å². The molecule has 106 valence electrons. The maximum atomic E-state index is 6.12. The van der Waals surface area contributed by atoms with Crippen molar-refractivity contribution in [1.82, 2.24) is 0 Å². The van der Waals surface area contributed by atoms with Crippen molar-refractivity contribution in [3.63, 3.8) is 0 Å². The van der Waals surface area contributed by atoms with Crippen molar-refractivity contribution in [1.29, 1.82) is 0 Å². The van der Waals surface area contributed by atoms with Gasteiger partial charge in [0.25, 0.3) is 0 Å². The van der Waals surface area contributed by atoms with E-state index >= 15 is 0 Å². The van der Waals surface area contributed by atoms with Crippen LogP contribution in [-0.4, -0.2) is 0 Å². The number of aryl methyl sites for hydroxylation is 1. The predicted molar refractivity (Wildman–Crippen MR) is 84.3 cm³/mol. The van der Waals surface area contributed by atoms with Gasteiger partial charge in [0.15, 0.2) is 0 Å². The summed E-state index contributed by atoms with van der Waals surface area (Å²) in [6, 6.07) is 16.7. The van der Waals surface area contributed by atoms with Gasteiger partial charge in [0.05, 0.1) is 0 Å². The second-order valence-corrected chi connectivity index (χ2v) is 5.13. The summed E-state index contributed by atoms with van der Waals surface area (Å²) in [5.74, 6) is 0.941. The Labute approximate surface area is 126 Å². The van der Waals surface area contributed by atoms with Crippen LogP contribution in [0, 0.1) is 0 Å². The summed E-state index contributed by atoms with van der Waals surface area (Å²) in [7, 11) is 0. The molecule has 0 bridgehead atoms. The largest absolute Gasteiger partial charge is 0.489 e. The molecule has 1 atom stereocenters. The summed E-state index contributed by atoms with van der Waals surface area (Å²) >= 11 is 0. The van der Waals surface area contributed by atoms with E-state index in [-0.39, 0.29) is 18.4 Å². The Kier molecular flexibility index (Phi) is 5.05. The van der Waals surface area contributed by atoms with Gasteiger partial charge in [-0.2, -0.15) is 0 Å². The topological polar surface area (TPSA) is 35.2 Å². The van der Waals surface area contributed by atoms with Crippen LogP contribution in [-0.2, 0) is 13.0 Å². The molecule has 2 aromatic carbocycles. The van der Waals surface area contributed by atoms with Crippen LogP contribution in [0.3, 0.4) is 0 Å². The lowest BCUT2D eigenvalue weighted by atomic mass is 9.88. The summed E-state index contributed by atoms with van der Waals surface area (Å²) in [6.45, 7) is 0.617. The summed E-state index contributed by atoms with van der Waals surface area (Å²) in [5.41, 5.74) is 9.95. The highest BCUT2D eigenvalue weighted by atomic mass is 35.5. The van der Waals surface area contributed by atoms with Gasteiger partial charge in [0.1, 0.15) is 12.4 Å². The van der Waals surface area contributed by atoms with Gasteiger partial charge in [0, 0.05) is 6.04 Å². The highest BCUT2D eigenvalue weighted by Gasteiger charge is 2.16. The number of ether oxygens (including phenoxy) is 1. The second-order valence-electron chi connectivity index (χ2n) is 5.13. The third-order valence-electron chi connectivity index (χ3n) is 3.72. The minimum Gasteiger partial charge on any atom is -0.489 e. The first-order chi connectivity index (χ1) is 9.33. The van der Waals surface area contributed by atoms with Gasteiger partial charge in [-0.1, -0.05) is 36.4 Å². The maximum absolute atomic E-state index is 6.12. The monoisotopic (exact) mass is 289 g/mol. The average molecular weight is 290 g/mol. The minimum absolute atomic E-state index is 0. The lowest BCUT2D eigenvalue weighted by molar-refractivity contribution is 0.305. The van der Waals surface area contributed by atoms with Crippen molar-refractivity contribution in [2.24, 2.45) is 5.73 Å². The van der Waals surface area contributed by atoms with E-state index in [9.17, 15) is 0 Å². The molecule has 1 unspecified atom stereocenters. The van der Waals surface area contributed by atoms with Crippen molar-refractivity contribution < 1.29 is 4.74 Å². The number of benzene rings is 2. The molecule has 2 nitrogen and oxygen atoms in total. The Morgan fingerprint density at radius 2 is 1.90 bits per heavy atom. The van der Waals surface area contributed by atoms with E-state index in [1.165, 1.54) is 23.1 Å². The Morgan fingerprint density at radius 1 is 1.10 bits per heavy atom. The van der Waals surface area contributed by atoms with Crippen LogP contribution in [0.25, 0.3) is 0 Å². The number of hydrogen-bond acceptors (Lipinski definition) is 2. The summed E-state index contributed by atoms with van der Waals surface area (Å²) in [4.78, 5) is 0. The van der Waals surface area contributed by atoms with E-state index in [2.05, 4.69) is 24.3 Å². The number of rotatable bonds is 3. The standard InChI is InChI=1S/C17H19NO.ClH/c18-17-8-4-7-14-11-15(9-10-16(14)17)19-12-13-5-2-1-3-6-13;/h1-3,5-6,9-11,17H,4,7-8,12,18H2;1H. The highest BCUT2D eigenvalue weighted by molar-refractivity contribution is 5.85. The van der Waals surface area contributed by atoms with Crippen LogP contribution in [0.4, 0.5) is 0 Å². The lowest BCUT2D eigenvalue weighted by Gasteiger charge is -2.22.